The van der Waals surface area contributed by atoms with Crippen LogP contribution in [-0.4, -0.2) is 95.2 Å². The molecule has 30 heavy (non-hydrogen) atoms. The quantitative estimate of drug-likeness (QED) is 0.152. The van der Waals surface area contributed by atoms with E-state index in [0.717, 1.165) is 22.2 Å². The Morgan fingerprint density at radius 2 is 1.00 bits per heavy atom. The molecule has 3 unspecified atom stereocenters. The van der Waals surface area contributed by atoms with Crippen molar-refractivity contribution in [2.24, 2.45) is 5.41 Å². The second kappa shape index (κ2) is 13.5. The molecule has 3 heterocycles. The van der Waals surface area contributed by atoms with E-state index in [4.69, 9.17) is 0 Å². The van der Waals surface area contributed by atoms with E-state index in [1.807, 2.05) is 35.3 Å². The molecule has 0 aromatic carbocycles. The van der Waals surface area contributed by atoms with Crippen molar-refractivity contribution in [2.75, 3.05) is 17.3 Å². The standard InChI is InChI=1S/C21H32O3S3Se3/c1-2-21(3-15(22)9-28-12-18-6-25-18,4-16(23)10-29-13-19-7-26-19)5-17(24)11-30-14-20-8-27-20/h18-20H,2-14H2,1H3. The third-order valence-corrected chi connectivity index (χ3v) is 17.0. The van der Waals surface area contributed by atoms with Gasteiger partial charge in [-0.15, -0.1) is 0 Å². The topological polar surface area (TPSA) is 51.2 Å². The fourth-order valence-electron chi connectivity index (χ4n) is 3.38. The zero-order valence-corrected chi connectivity index (χ0v) is 25.2. The molecule has 3 atom stereocenters. The Hall–Kier alpha value is 1.62. The molecule has 170 valence electrons. The maximum atomic E-state index is 12.8. The van der Waals surface area contributed by atoms with Crippen molar-refractivity contribution >= 4 is 97.5 Å². The van der Waals surface area contributed by atoms with Crippen LogP contribution in [0.2, 0.25) is 31.9 Å². The summed E-state index contributed by atoms with van der Waals surface area (Å²) in [7, 11) is 0. The fraction of sp³-hybridized carbons (Fsp3) is 0.857. The number of thioether (sulfide) groups is 3. The monoisotopic (exact) mass is 668 g/mol. The summed E-state index contributed by atoms with van der Waals surface area (Å²) in [6, 6.07) is 0. The van der Waals surface area contributed by atoms with Crippen LogP contribution in [0.25, 0.3) is 0 Å². The minimum atomic E-state index is -0.412. The molecule has 3 rings (SSSR count). The van der Waals surface area contributed by atoms with Gasteiger partial charge in [-0.3, -0.25) is 0 Å². The Morgan fingerprint density at radius 3 is 1.23 bits per heavy atom. The molecular formula is C21H32O3S3Se3. The van der Waals surface area contributed by atoms with Gasteiger partial charge in [0, 0.05) is 0 Å². The molecule has 0 aromatic heterocycles. The van der Waals surface area contributed by atoms with E-state index in [0.29, 0.717) is 97.4 Å². The molecule has 0 spiro atoms. The Balaban J connectivity index is 1.49. The molecule has 9 heteroatoms. The van der Waals surface area contributed by atoms with Crippen LogP contribution in [0.4, 0.5) is 0 Å². The molecule has 0 bridgehead atoms. The van der Waals surface area contributed by atoms with Gasteiger partial charge in [-0.2, -0.15) is 0 Å². The number of hydrogen-bond donors (Lipinski definition) is 0. The summed E-state index contributed by atoms with van der Waals surface area (Å²) in [5.74, 6) is 4.67. The minimum absolute atomic E-state index is 0.294. The Morgan fingerprint density at radius 1 is 0.700 bits per heavy atom. The van der Waals surface area contributed by atoms with Gasteiger partial charge in [-0.1, -0.05) is 0 Å². The molecule has 0 saturated carbocycles. The third-order valence-electron chi connectivity index (χ3n) is 5.37. The number of carbonyl (C=O) groups excluding carboxylic acids is 3. The van der Waals surface area contributed by atoms with Gasteiger partial charge in [0.25, 0.3) is 0 Å². The van der Waals surface area contributed by atoms with Gasteiger partial charge in [-0.25, -0.2) is 0 Å². The van der Waals surface area contributed by atoms with Gasteiger partial charge in [0.2, 0.25) is 0 Å². The average molecular weight is 666 g/mol. The van der Waals surface area contributed by atoms with Gasteiger partial charge in [0.15, 0.2) is 0 Å². The van der Waals surface area contributed by atoms with Crippen LogP contribution >= 0.6 is 35.3 Å². The van der Waals surface area contributed by atoms with Crippen LogP contribution in [0.1, 0.15) is 32.6 Å². The Labute approximate surface area is 213 Å². The van der Waals surface area contributed by atoms with Crippen LogP contribution in [0.15, 0.2) is 0 Å². The molecule has 0 amide bonds. The third kappa shape index (κ3) is 11.2. The van der Waals surface area contributed by atoms with Crippen molar-refractivity contribution in [3.8, 4) is 0 Å². The SMILES string of the molecule is CCC(CC(=O)C[Se]CC1CS1)(CC(=O)C[Se]CC1CS1)CC(=O)C[Se]CC1CS1. The van der Waals surface area contributed by atoms with E-state index < -0.39 is 5.41 Å². The maximum absolute atomic E-state index is 12.8. The predicted octanol–water partition coefficient (Wildman–Crippen LogP) is 4.23. The summed E-state index contributed by atoms with van der Waals surface area (Å²) in [5, 5.41) is 8.04. The van der Waals surface area contributed by atoms with E-state index in [-0.39, 0.29) is 0 Å². The summed E-state index contributed by atoms with van der Waals surface area (Å²) in [5.41, 5.74) is -0.412. The first-order chi connectivity index (χ1) is 14.5. The van der Waals surface area contributed by atoms with E-state index >= 15 is 0 Å². The van der Waals surface area contributed by atoms with Gasteiger partial charge < -0.3 is 0 Å². The molecule has 3 nitrogen and oxygen atoms in total. The van der Waals surface area contributed by atoms with Gasteiger partial charge >= 0.3 is 215 Å². The molecule has 3 aliphatic rings. The van der Waals surface area contributed by atoms with Crippen molar-refractivity contribution in [3.63, 3.8) is 0 Å². The Kier molecular flexibility index (Phi) is 11.8. The molecular weight excluding hydrogens is 633 g/mol. The van der Waals surface area contributed by atoms with Crippen molar-refractivity contribution in [1.82, 2.24) is 0 Å². The fourth-order valence-corrected chi connectivity index (χ4v) is 14.0. The first kappa shape index (κ1) is 26.2. The number of ketones is 3. The van der Waals surface area contributed by atoms with E-state index in [1.165, 1.54) is 33.2 Å². The Bertz CT molecular complexity index is 529. The number of hydrogen-bond acceptors (Lipinski definition) is 6. The predicted molar refractivity (Wildman–Crippen MR) is 136 cm³/mol. The molecule has 3 aliphatic heterocycles. The number of carbonyl (C=O) groups is 3. The van der Waals surface area contributed by atoms with Crippen LogP contribution < -0.4 is 0 Å². The van der Waals surface area contributed by atoms with Crippen molar-refractivity contribution in [3.05, 3.63) is 0 Å². The zero-order valence-electron chi connectivity index (χ0n) is 17.6. The summed E-state index contributed by atoms with van der Waals surface area (Å²) >= 11 is 7.14. The van der Waals surface area contributed by atoms with Gasteiger partial charge in [0.05, 0.1) is 0 Å². The summed E-state index contributed by atoms with van der Waals surface area (Å²) in [4.78, 5) is 38.4. The first-order valence-corrected chi connectivity index (χ1v) is 21.0. The average Bonchev–Trinajstić information content (AvgIpc) is 3.52. The molecule has 3 fully saturated rings. The molecule has 0 aliphatic carbocycles. The van der Waals surface area contributed by atoms with E-state index in [1.54, 1.807) is 0 Å². The molecule has 0 N–H and O–H groups in total. The second-order valence-corrected chi connectivity index (χ2v) is 18.9. The van der Waals surface area contributed by atoms with Crippen LogP contribution in [0.3, 0.4) is 0 Å². The molecule has 0 aromatic rings. The van der Waals surface area contributed by atoms with Crippen LogP contribution in [0.5, 0.6) is 0 Å². The zero-order chi connectivity index (χ0) is 21.4. The molecule has 0 radical (unpaired) electrons. The summed E-state index contributed by atoms with van der Waals surface area (Å²) in [6.07, 6.45) is 2.09. The second-order valence-electron chi connectivity index (χ2n) is 8.41. The summed E-state index contributed by atoms with van der Waals surface area (Å²) < 4.78 is 0. The number of rotatable bonds is 19. The van der Waals surface area contributed by atoms with Crippen LogP contribution in [-0.2, 0) is 14.4 Å². The van der Waals surface area contributed by atoms with Crippen LogP contribution in [0, 0.1) is 5.41 Å². The van der Waals surface area contributed by atoms with Gasteiger partial charge in [0.1, 0.15) is 0 Å². The normalized spacial score (nSPS) is 26.1. The summed E-state index contributed by atoms with van der Waals surface area (Å²) in [6.45, 7) is 2.08. The van der Waals surface area contributed by atoms with Crippen molar-refractivity contribution in [1.29, 1.82) is 0 Å². The van der Waals surface area contributed by atoms with E-state index in [9.17, 15) is 14.4 Å². The van der Waals surface area contributed by atoms with Crippen molar-refractivity contribution < 1.29 is 14.4 Å². The first-order valence-electron chi connectivity index (χ1n) is 10.6. The van der Waals surface area contributed by atoms with Crippen molar-refractivity contribution in [2.45, 2.75) is 80.3 Å². The van der Waals surface area contributed by atoms with E-state index in [2.05, 4.69) is 6.92 Å². The van der Waals surface area contributed by atoms with Gasteiger partial charge in [-0.05, 0) is 0 Å². The number of Topliss-reactive ketones (excluding diaryl/α,β-unsaturated/α-hetero) is 3. The molecule has 3 saturated heterocycles.